The van der Waals surface area contributed by atoms with Crippen LogP contribution in [0.5, 0.6) is 0 Å². The Morgan fingerprint density at radius 1 is 1.08 bits per heavy atom. The van der Waals surface area contributed by atoms with Gasteiger partial charge in [-0.1, -0.05) is 64.3 Å². The van der Waals surface area contributed by atoms with Crippen molar-refractivity contribution in [3.05, 3.63) is 35.4 Å². The second-order valence-electron chi connectivity index (χ2n) is 8.53. The molecule has 0 unspecified atom stereocenters. The van der Waals surface area contributed by atoms with E-state index in [1.807, 2.05) is 0 Å². The molecule has 1 fully saturated rings. The molecule has 1 aliphatic rings. The van der Waals surface area contributed by atoms with Gasteiger partial charge in [-0.05, 0) is 48.8 Å². The van der Waals surface area contributed by atoms with Crippen LogP contribution in [0.15, 0.2) is 24.3 Å². The molecule has 1 aromatic rings. The van der Waals surface area contributed by atoms with Gasteiger partial charge in [0, 0.05) is 5.54 Å². The average Bonchev–Trinajstić information content (AvgIpc) is 2.51. The van der Waals surface area contributed by atoms with E-state index in [2.05, 4.69) is 50.4 Å². The van der Waals surface area contributed by atoms with Gasteiger partial charge in [-0.2, -0.15) is 8.42 Å². The van der Waals surface area contributed by atoms with E-state index in [0.717, 1.165) is 19.3 Å². The van der Waals surface area contributed by atoms with Crippen LogP contribution < -0.4 is 5.32 Å². The summed E-state index contributed by atoms with van der Waals surface area (Å²) in [6.07, 6.45) is 7.38. The molecule has 0 aromatic heterocycles. The molecule has 0 aliphatic heterocycles. The van der Waals surface area contributed by atoms with Crippen molar-refractivity contribution in [1.29, 1.82) is 0 Å². The lowest BCUT2D eigenvalue weighted by molar-refractivity contribution is 0.229. The molecule has 2 rings (SSSR count). The molecule has 1 saturated carbocycles. The lowest BCUT2D eigenvalue weighted by Crippen LogP contribution is -2.49. The third-order valence-electron chi connectivity index (χ3n) is 5.25. The monoisotopic (exact) mass is 367 g/mol. The molecule has 142 valence electrons. The van der Waals surface area contributed by atoms with Crippen LogP contribution in [0.4, 0.5) is 0 Å². The predicted octanol–water partition coefficient (Wildman–Crippen LogP) is 4.10. The van der Waals surface area contributed by atoms with Crippen LogP contribution in [0.3, 0.4) is 0 Å². The first-order valence-electron chi connectivity index (χ1n) is 9.39. The standard InChI is InChI=1S/C20H33NO3S/c1-19(2,3)18-10-8-17(9-11-18)16-20(12-5-4-6-13-20)21-14-7-15-25(22,23)24/h8-11,21H,4-7,12-16H2,1-3H3,(H,22,23,24). The summed E-state index contributed by atoms with van der Waals surface area (Å²) in [5, 5.41) is 3.63. The minimum absolute atomic E-state index is 0.0563. The molecule has 1 aliphatic carbocycles. The lowest BCUT2D eigenvalue weighted by atomic mass is 9.77. The Balaban J connectivity index is 2.01. The van der Waals surface area contributed by atoms with E-state index in [9.17, 15) is 8.42 Å². The summed E-state index contributed by atoms with van der Waals surface area (Å²) in [6, 6.07) is 8.92. The quantitative estimate of drug-likeness (QED) is 0.562. The molecule has 5 heteroatoms. The first-order valence-corrected chi connectivity index (χ1v) is 11.0. The molecule has 0 atom stereocenters. The van der Waals surface area contributed by atoms with Crippen molar-refractivity contribution in [2.45, 2.75) is 76.7 Å². The molecule has 0 heterocycles. The van der Waals surface area contributed by atoms with Crippen molar-refractivity contribution < 1.29 is 13.0 Å². The minimum Gasteiger partial charge on any atom is -0.311 e. The zero-order valence-electron chi connectivity index (χ0n) is 15.8. The Morgan fingerprint density at radius 2 is 1.68 bits per heavy atom. The highest BCUT2D eigenvalue weighted by Crippen LogP contribution is 2.32. The van der Waals surface area contributed by atoms with Crippen LogP contribution in [-0.4, -0.2) is 30.8 Å². The van der Waals surface area contributed by atoms with Crippen LogP contribution >= 0.6 is 0 Å². The zero-order chi connectivity index (χ0) is 18.6. The Hall–Kier alpha value is -0.910. The molecule has 4 nitrogen and oxygen atoms in total. The Bertz CT molecular complexity index is 639. The van der Waals surface area contributed by atoms with E-state index in [4.69, 9.17) is 4.55 Å². The minimum atomic E-state index is -3.86. The second kappa shape index (κ2) is 8.19. The van der Waals surface area contributed by atoms with Crippen LogP contribution in [-0.2, 0) is 22.0 Å². The number of hydrogen-bond donors (Lipinski definition) is 2. The summed E-state index contributed by atoms with van der Waals surface area (Å²) in [7, 11) is -3.86. The van der Waals surface area contributed by atoms with E-state index in [1.165, 1.54) is 30.4 Å². The summed E-state index contributed by atoms with van der Waals surface area (Å²) in [4.78, 5) is 0. The molecule has 25 heavy (non-hydrogen) atoms. The highest BCUT2D eigenvalue weighted by molar-refractivity contribution is 7.85. The maximum Gasteiger partial charge on any atom is 0.264 e. The highest BCUT2D eigenvalue weighted by atomic mass is 32.2. The van der Waals surface area contributed by atoms with E-state index >= 15 is 0 Å². The fraction of sp³-hybridized carbons (Fsp3) is 0.700. The van der Waals surface area contributed by atoms with Crippen molar-refractivity contribution in [2.24, 2.45) is 0 Å². The van der Waals surface area contributed by atoms with Gasteiger partial charge in [0.15, 0.2) is 0 Å². The molecule has 2 N–H and O–H groups in total. The molecule has 0 spiro atoms. The largest absolute Gasteiger partial charge is 0.311 e. The first kappa shape index (κ1) is 20.4. The van der Waals surface area contributed by atoms with Gasteiger partial charge in [-0.15, -0.1) is 0 Å². The molecule has 0 amide bonds. The fourth-order valence-corrected chi connectivity index (χ4v) is 4.28. The fourth-order valence-electron chi connectivity index (χ4n) is 3.77. The van der Waals surface area contributed by atoms with Crippen molar-refractivity contribution >= 4 is 10.1 Å². The van der Waals surface area contributed by atoms with Crippen molar-refractivity contribution in [1.82, 2.24) is 5.32 Å². The summed E-state index contributed by atoms with van der Waals surface area (Å²) >= 11 is 0. The third-order valence-corrected chi connectivity index (χ3v) is 6.06. The van der Waals surface area contributed by atoms with Crippen LogP contribution in [0.2, 0.25) is 0 Å². The number of rotatable bonds is 7. The smallest absolute Gasteiger partial charge is 0.264 e. The van der Waals surface area contributed by atoms with Gasteiger partial charge in [-0.3, -0.25) is 4.55 Å². The Morgan fingerprint density at radius 3 is 2.20 bits per heavy atom. The second-order valence-corrected chi connectivity index (χ2v) is 10.1. The maximum absolute atomic E-state index is 10.9. The average molecular weight is 368 g/mol. The summed E-state index contributed by atoms with van der Waals surface area (Å²) < 4.78 is 30.7. The highest BCUT2D eigenvalue weighted by Gasteiger charge is 2.31. The van der Waals surface area contributed by atoms with Crippen LogP contribution in [0.1, 0.15) is 70.4 Å². The van der Waals surface area contributed by atoms with Crippen molar-refractivity contribution in [3.8, 4) is 0 Å². The summed E-state index contributed by atoms with van der Waals surface area (Å²) in [5.74, 6) is -0.170. The van der Waals surface area contributed by atoms with Gasteiger partial charge in [0.2, 0.25) is 0 Å². The SMILES string of the molecule is CC(C)(C)c1ccc(CC2(NCCCS(=O)(=O)O)CCCCC2)cc1. The van der Waals surface area contributed by atoms with Crippen LogP contribution in [0, 0.1) is 0 Å². The molecular weight excluding hydrogens is 334 g/mol. The van der Waals surface area contributed by atoms with Gasteiger partial charge >= 0.3 is 0 Å². The topological polar surface area (TPSA) is 66.4 Å². The normalized spacial score (nSPS) is 18.2. The van der Waals surface area contributed by atoms with E-state index in [-0.39, 0.29) is 16.7 Å². The van der Waals surface area contributed by atoms with Gasteiger partial charge in [0.1, 0.15) is 0 Å². The van der Waals surface area contributed by atoms with Gasteiger partial charge in [-0.25, -0.2) is 0 Å². The number of hydrogen-bond acceptors (Lipinski definition) is 3. The third kappa shape index (κ3) is 6.72. The summed E-state index contributed by atoms with van der Waals surface area (Å²) in [5.41, 5.74) is 2.89. The molecule has 0 saturated heterocycles. The number of nitrogens with one attached hydrogen (secondary N) is 1. The predicted molar refractivity (Wildman–Crippen MR) is 104 cm³/mol. The van der Waals surface area contributed by atoms with Crippen molar-refractivity contribution in [3.63, 3.8) is 0 Å². The first-order chi connectivity index (χ1) is 11.6. The summed E-state index contributed by atoms with van der Waals surface area (Å²) in [6.45, 7) is 7.30. The van der Waals surface area contributed by atoms with Crippen molar-refractivity contribution in [2.75, 3.05) is 12.3 Å². The number of benzene rings is 1. The van der Waals surface area contributed by atoms with E-state index in [1.54, 1.807) is 0 Å². The zero-order valence-corrected chi connectivity index (χ0v) is 16.7. The Kier molecular flexibility index (Phi) is 6.68. The Labute approximate surface area is 153 Å². The van der Waals surface area contributed by atoms with Crippen LogP contribution in [0.25, 0.3) is 0 Å². The lowest BCUT2D eigenvalue weighted by Gasteiger charge is -2.39. The molecule has 0 bridgehead atoms. The molecule has 0 radical (unpaired) electrons. The maximum atomic E-state index is 10.9. The van der Waals surface area contributed by atoms with Gasteiger partial charge in [0.05, 0.1) is 5.75 Å². The molecule has 1 aromatic carbocycles. The van der Waals surface area contributed by atoms with E-state index in [0.29, 0.717) is 13.0 Å². The van der Waals surface area contributed by atoms with Gasteiger partial charge < -0.3 is 5.32 Å². The van der Waals surface area contributed by atoms with Gasteiger partial charge in [0.25, 0.3) is 10.1 Å². The van der Waals surface area contributed by atoms with E-state index < -0.39 is 10.1 Å². The molecular formula is C20H33NO3S.